The fourth-order valence-electron chi connectivity index (χ4n) is 2.84. The molecule has 3 aromatic rings. The van der Waals surface area contributed by atoms with E-state index >= 15 is 0 Å². The largest absolute Gasteiger partial charge is 0.383 e. The van der Waals surface area contributed by atoms with Crippen molar-refractivity contribution in [2.45, 2.75) is 20.4 Å². The van der Waals surface area contributed by atoms with Crippen LogP contribution in [0, 0.1) is 13.8 Å². The molecule has 0 aliphatic rings. The number of hydrogen-bond donors (Lipinski definition) is 0. The molecule has 0 saturated heterocycles. The lowest BCUT2D eigenvalue weighted by Crippen LogP contribution is -2.37. The molecular weight excluding hydrogens is 286 g/mol. The fourth-order valence-corrected chi connectivity index (χ4v) is 2.84. The van der Waals surface area contributed by atoms with Crippen molar-refractivity contribution in [1.82, 2.24) is 23.1 Å². The molecule has 0 radical (unpaired) electrons. The van der Waals surface area contributed by atoms with Gasteiger partial charge in [-0.3, -0.25) is 18.3 Å². The predicted octanol–water partition coefficient (Wildman–Crippen LogP) is -0.0504. The second-order valence-electron chi connectivity index (χ2n) is 5.44. The van der Waals surface area contributed by atoms with Crippen LogP contribution in [0.3, 0.4) is 0 Å². The number of nitrogens with zero attached hydrogens (tertiary/aromatic N) is 5. The van der Waals surface area contributed by atoms with E-state index in [0.717, 1.165) is 16.0 Å². The summed E-state index contributed by atoms with van der Waals surface area (Å²) < 4.78 is 11.5. The van der Waals surface area contributed by atoms with E-state index < -0.39 is 0 Å². The Hall–Kier alpha value is -2.35. The average molecular weight is 305 g/mol. The highest BCUT2D eigenvalue weighted by molar-refractivity contribution is 5.76. The van der Waals surface area contributed by atoms with Gasteiger partial charge in [0.1, 0.15) is 0 Å². The van der Waals surface area contributed by atoms with Gasteiger partial charge in [0.2, 0.25) is 5.78 Å². The average Bonchev–Trinajstić information content (AvgIpc) is 2.99. The van der Waals surface area contributed by atoms with Crippen molar-refractivity contribution in [2.75, 3.05) is 13.7 Å². The van der Waals surface area contributed by atoms with Gasteiger partial charge in [-0.1, -0.05) is 0 Å². The highest BCUT2D eigenvalue weighted by atomic mass is 16.5. The molecule has 22 heavy (non-hydrogen) atoms. The third-order valence-electron chi connectivity index (χ3n) is 4.26. The molecule has 0 aliphatic carbocycles. The lowest BCUT2D eigenvalue weighted by molar-refractivity contribution is 0.187. The summed E-state index contributed by atoms with van der Waals surface area (Å²) in [6.45, 7) is 5.11. The van der Waals surface area contributed by atoms with Gasteiger partial charge in [0.25, 0.3) is 5.56 Å². The van der Waals surface area contributed by atoms with Crippen molar-refractivity contribution in [3.05, 3.63) is 32.2 Å². The maximum Gasteiger partial charge on any atom is 0.332 e. The van der Waals surface area contributed by atoms with Crippen molar-refractivity contribution >= 4 is 16.9 Å². The van der Waals surface area contributed by atoms with E-state index in [1.807, 2.05) is 22.8 Å². The Morgan fingerprint density at radius 1 is 1.09 bits per heavy atom. The number of methoxy groups -OCH3 is 1. The second-order valence-corrected chi connectivity index (χ2v) is 5.44. The third-order valence-corrected chi connectivity index (χ3v) is 4.26. The van der Waals surface area contributed by atoms with Gasteiger partial charge < -0.3 is 9.30 Å². The Balaban J connectivity index is 2.53. The second kappa shape index (κ2) is 4.84. The van der Waals surface area contributed by atoms with Gasteiger partial charge in [0.15, 0.2) is 11.2 Å². The Bertz CT molecular complexity index is 1000. The molecule has 0 fully saturated rings. The van der Waals surface area contributed by atoms with E-state index in [1.54, 1.807) is 14.2 Å². The predicted molar refractivity (Wildman–Crippen MR) is 82.5 cm³/mol. The zero-order valence-corrected chi connectivity index (χ0v) is 13.4. The van der Waals surface area contributed by atoms with Crippen molar-refractivity contribution in [3.63, 3.8) is 0 Å². The molecule has 0 amide bonds. The van der Waals surface area contributed by atoms with Crippen molar-refractivity contribution in [2.24, 2.45) is 14.1 Å². The number of imidazole rings is 2. The summed E-state index contributed by atoms with van der Waals surface area (Å²) in [6.07, 6.45) is 0. The highest BCUT2D eigenvalue weighted by Gasteiger charge is 2.21. The van der Waals surface area contributed by atoms with Crippen LogP contribution in [0.4, 0.5) is 0 Å². The summed E-state index contributed by atoms with van der Waals surface area (Å²) in [5.41, 5.74) is 2.07. The maximum atomic E-state index is 12.5. The SMILES string of the molecule is COCCn1c(C)c(C)n2c3c(=O)n(C)c(=O)n(C)c3nc12. The summed E-state index contributed by atoms with van der Waals surface area (Å²) in [5.74, 6) is 0.653. The van der Waals surface area contributed by atoms with Crippen LogP contribution in [0.1, 0.15) is 11.4 Å². The Kier molecular flexibility index (Phi) is 3.21. The number of ether oxygens (including phenoxy) is 1. The minimum atomic E-state index is -0.379. The first-order valence-corrected chi connectivity index (χ1v) is 7.03. The molecule has 8 heteroatoms. The van der Waals surface area contributed by atoms with Gasteiger partial charge in [0, 0.05) is 39.1 Å². The van der Waals surface area contributed by atoms with Crippen molar-refractivity contribution < 1.29 is 4.74 Å². The van der Waals surface area contributed by atoms with E-state index in [4.69, 9.17) is 4.74 Å². The van der Waals surface area contributed by atoms with E-state index in [9.17, 15) is 9.59 Å². The first-order chi connectivity index (χ1) is 10.4. The van der Waals surface area contributed by atoms with Gasteiger partial charge in [-0.15, -0.1) is 0 Å². The van der Waals surface area contributed by atoms with E-state index in [-0.39, 0.29) is 11.2 Å². The van der Waals surface area contributed by atoms with Crippen LogP contribution in [0.15, 0.2) is 9.59 Å². The van der Waals surface area contributed by atoms with Crippen LogP contribution < -0.4 is 11.2 Å². The van der Waals surface area contributed by atoms with E-state index in [2.05, 4.69) is 4.98 Å². The third kappa shape index (κ3) is 1.70. The Morgan fingerprint density at radius 3 is 2.41 bits per heavy atom. The topological polar surface area (TPSA) is 75.5 Å². The summed E-state index contributed by atoms with van der Waals surface area (Å²) in [7, 11) is 4.75. The maximum absolute atomic E-state index is 12.5. The van der Waals surface area contributed by atoms with Gasteiger partial charge >= 0.3 is 5.69 Å². The summed E-state index contributed by atoms with van der Waals surface area (Å²) in [5, 5.41) is 0. The Labute approximate surface area is 126 Å². The molecule has 3 aromatic heterocycles. The standard InChI is InChI=1S/C14H19N5O3/c1-8-9(2)19-10-11(15-13(19)18(8)6-7-22-5)16(3)14(21)17(4)12(10)20/h6-7H2,1-5H3. The molecular formula is C14H19N5O3. The van der Waals surface area contributed by atoms with Gasteiger partial charge in [0.05, 0.1) is 6.61 Å². The summed E-state index contributed by atoms with van der Waals surface area (Å²) in [6, 6.07) is 0. The summed E-state index contributed by atoms with van der Waals surface area (Å²) in [4.78, 5) is 29.1. The molecule has 0 bridgehead atoms. The zero-order chi connectivity index (χ0) is 16.2. The molecule has 118 valence electrons. The number of rotatable bonds is 3. The summed E-state index contributed by atoms with van der Waals surface area (Å²) >= 11 is 0. The molecule has 0 aromatic carbocycles. The number of fused-ring (bicyclic) bond motifs is 3. The van der Waals surface area contributed by atoms with Crippen molar-refractivity contribution in [1.29, 1.82) is 0 Å². The molecule has 0 aliphatic heterocycles. The van der Waals surface area contributed by atoms with Crippen LogP contribution in [0.5, 0.6) is 0 Å². The molecule has 3 heterocycles. The van der Waals surface area contributed by atoms with Gasteiger partial charge in [-0.25, -0.2) is 4.79 Å². The fraction of sp³-hybridized carbons (Fsp3) is 0.500. The van der Waals surface area contributed by atoms with Crippen LogP contribution in [-0.4, -0.2) is 36.8 Å². The van der Waals surface area contributed by atoms with Crippen LogP contribution in [0.25, 0.3) is 16.9 Å². The molecule has 3 rings (SSSR count). The molecule has 0 spiro atoms. The minimum Gasteiger partial charge on any atom is -0.383 e. The molecule has 0 N–H and O–H groups in total. The van der Waals surface area contributed by atoms with Crippen LogP contribution >= 0.6 is 0 Å². The normalized spacial score (nSPS) is 11.9. The number of aryl methyl sites for hydroxylation is 2. The van der Waals surface area contributed by atoms with Gasteiger partial charge in [-0.2, -0.15) is 4.98 Å². The monoisotopic (exact) mass is 305 g/mol. The molecule has 0 saturated carbocycles. The first kappa shape index (κ1) is 14.6. The minimum absolute atomic E-state index is 0.336. The smallest absolute Gasteiger partial charge is 0.332 e. The van der Waals surface area contributed by atoms with Crippen LogP contribution in [-0.2, 0) is 25.4 Å². The van der Waals surface area contributed by atoms with Gasteiger partial charge in [-0.05, 0) is 13.8 Å². The Morgan fingerprint density at radius 2 is 1.77 bits per heavy atom. The quantitative estimate of drug-likeness (QED) is 0.680. The lowest BCUT2D eigenvalue weighted by Gasteiger charge is -2.05. The number of hydrogen-bond acceptors (Lipinski definition) is 4. The van der Waals surface area contributed by atoms with E-state index in [1.165, 1.54) is 11.6 Å². The molecule has 8 nitrogen and oxygen atoms in total. The lowest BCUT2D eigenvalue weighted by atomic mass is 10.3. The highest BCUT2D eigenvalue weighted by Crippen LogP contribution is 2.20. The molecule has 0 unspecified atom stereocenters. The van der Waals surface area contributed by atoms with Crippen molar-refractivity contribution in [3.8, 4) is 0 Å². The zero-order valence-electron chi connectivity index (χ0n) is 13.4. The first-order valence-electron chi connectivity index (χ1n) is 7.03. The van der Waals surface area contributed by atoms with Crippen LogP contribution in [0.2, 0.25) is 0 Å². The van der Waals surface area contributed by atoms with E-state index in [0.29, 0.717) is 30.1 Å². The molecule has 0 atom stereocenters. The number of aromatic nitrogens is 5.